The van der Waals surface area contributed by atoms with Gasteiger partial charge in [0.2, 0.25) is 0 Å². The summed E-state index contributed by atoms with van der Waals surface area (Å²) in [6, 6.07) is 0. The third kappa shape index (κ3) is 41.4. The largest absolute Gasteiger partial charge is 0.462 e. The molecule has 0 aromatic rings. The van der Waals surface area contributed by atoms with Gasteiger partial charge in [-0.2, -0.15) is 0 Å². The molecule has 6 nitrogen and oxygen atoms in total. The molecule has 0 fully saturated rings. The van der Waals surface area contributed by atoms with Crippen LogP contribution in [0.5, 0.6) is 0 Å². The summed E-state index contributed by atoms with van der Waals surface area (Å²) < 4.78 is 16.7. The van der Waals surface area contributed by atoms with Crippen LogP contribution in [0.15, 0.2) is 0 Å². The van der Waals surface area contributed by atoms with Crippen molar-refractivity contribution in [2.24, 2.45) is 0 Å². The molecule has 0 rings (SSSR count). The lowest BCUT2D eigenvalue weighted by atomic mass is 10.0. The number of hydrogen-bond acceptors (Lipinski definition) is 6. The molecule has 1 unspecified atom stereocenters. The Hall–Kier alpha value is -1.59. The molecule has 0 N–H and O–H groups in total. The summed E-state index contributed by atoms with van der Waals surface area (Å²) in [4.78, 5) is 37.6. The third-order valence-electron chi connectivity index (χ3n) is 10.6. The Labute approximate surface area is 329 Å². The highest BCUT2D eigenvalue weighted by Gasteiger charge is 2.19. The van der Waals surface area contributed by atoms with Crippen LogP contribution in [-0.4, -0.2) is 37.2 Å². The maximum absolute atomic E-state index is 12.7. The Bertz CT molecular complexity index is 783. The molecule has 0 spiro atoms. The smallest absolute Gasteiger partial charge is 0.306 e. The first-order chi connectivity index (χ1) is 26.0. The maximum atomic E-state index is 12.7. The number of unbranched alkanes of at least 4 members (excludes halogenated alkanes) is 32. The van der Waals surface area contributed by atoms with E-state index in [9.17, 15) is 14.4 Å². The molecule has 0 aliphatic rings. The monoisotopic (exact) mass is 751 g/mol. The van der Waals surface area contributed by atoms with Crippen molar-refractivity contribution >= 4 is 17.9 Å². The summed E-state index contributed by atoms with van der Waals surface area (Å²) in [6.07, 6.45) is 43.9. The van der Waals surface area contributed by atoms with Crippen molar-refractivity contribution in [2.45, 2.75) is 271 Å². The summed E-state index contributed by atoms with van der Waals surface area (Å²) in [7, 11) is 0. The minimum atomic E-state index is -0.757. The number of esters is 3. The lowest BCUT2D eigenvalue weighted by molar-refractivity contribution is -0.167. The zero-order valence-electron chi connectivity index (χ0n) is 35.8. The van der Waals surface area contributed by atoms with Gasteiger partial charge in [-0.25, -0.2) is 0 Å². The van der Waals surface area contributed by atoms with Gasteiger partial charge in [-0.05, 0) is 19.3 Å². The number of carbonyl (C=O) groups is 3. The minimum absolute atomic E-state index is 0.0631. The summed E-state index contributed by atoms with van der Waals surface area (Å²) >= 11 is 0. The van der Waals surface area contributed by atoms with Crippen molar-refractivity contribution in [3.63, 3.8) is 0 Å². The molecule has 0 aromatic carbocycles. The maximum Gasteiger partial charge on any atom is 0.306 e. The van der Waals surface area contributed by atoms with E-state index in [2.05, 4.69) is 20.8 Å². The van der Waals surface area contributed by atoms with Crippen LogP contribution in [0.25, 0.3) is 0 Å². The van der Waals surface area contributed by atoms with E-state index in [1.807, 2.05) is 0 Å². The van der Waals surface area contributed by atoms with Crippen molar-refractivity contribution in [3.8, 4) is 0 Å². The zero-order chi connectivity index (χ0) is 38.7. The molecule has 314 valence electrons. The minimum Gasteiger partial charge on any atom is -0.462 e. The quantitative estimate of drug-likeness (QED) is 0.0351. The molecule has 6 heteroatoms. The van der Waals surface area contributed by atoms with Gasteiger partial charge in [0.05, 0.1) is 0 Å². The molecule has 53 heavy (non-hydrogen) atoms. The highest BCUT2D eigenvalue weighted by molar-refractivity contribution is 5.71. The van der Waals surface area contributed by atoms with Crippen molar-refractivity contribution in [1.82, 2.24) is 0 Å². The second kappa shape index (κ2) is 43.1. The van der Waals surface area contributed by atoms with E-state index in [0.29, 0.717) is 19.3 Å². The molecule has 0 saturated heterocycles. The van der Waals surface area contributed by atoms with Gasteiger partial charge in [-0.3, -0.25) is 14.4 Å². The average molecular weight is 751 g/mol. The average Bonchev–Trinajstić information content (AvgIpc) is 3.15. The molecular weight excluding hydrogens is 661 g/mol. The number of hydrogen-bond donors (Lipinski definition) is 0. The fourth-order valence-corrected chi connectivity index (χ4v) is 7.03. The summed E-state index contributed by atoms with van der Waals surface area (Å²) in [6.45, 7) is 6.61. The lowest BCUT2D eigenvalue weighted by Gasteiger charge is -2.18. The van der Waals surface area contributed by atoms with Crippen LogP contribution in [0.2, 0.25) is 0 Å². The molecule has 0 amide bonds. The standard InChI is InChI=1S/C47H90O6/c1-4-7-10-13-16-18-20-22-24-26-27-29-31-34-37-40-46(49)52-43-44(42-51-45(48)39-36-33-15-12-9-6-3)53-47(50)41-38-35-32-30-28-25-23-21-19-17-14-11-8-5-2/h44H,4-43H2,1-3H3. The first-order valence-corrected chi connectivity index (χ1v) is 23.5. The van der Waals surface area contributed by atoms with Gasteiger partial charge in [0, 0.05) is 19.3 Å². The van der Waals surface area contributed by atoms with E-state index in [4.69, 9.17) is 14.2 Å². The first kappa shape index (κ1) is 51.4. The highest BCUT2D eigenvalue weighted by atomic mass is 16.6. The van der Waals surface area contributed by atoms with Crippen LogP contribution >= 0.6 is 0 Å². The second-order valence-electron chi connectivity index (χ2n) is 16.0. The van der Waals surface area contributed by atoms with Crippen LogP contribution in [0.1, 0.15) is 265 Å². The third-order valence-corrected chi connectivity index (χ3v) is 10.6. The van der Waals surface area contributed by atoms with Crippen LogP contribution < -0.4 is 0 Å². The molecule has 0 bridgehead atoms. The van der Waals surface area contributed by atoms with E-state index in [0.717, 1.165) is 57.8 Å². The zero-order valence-corrected chi connectivity index (χ0v) is 35.8. The summed E-state index contributed by atoms with van der Waals surface area (Å²) in [5.41, 5.74) is 0. The van der Waals surface area contributed by atoms with Gasteiger partial charge in [-0.15, -0.1) is 0 Å². The topological polar surface area (TPSA) is 78.9 Å². The molecule has 0 aliphatic carbocycles. The van der Waals surface area contributed by atoms with Gasteiger partial charge in [0.25, 0.3) is 0 Å². The Balaban J connectivity index is 4.20. The van der Waals surface area contributed by atoms with Gasteiger partial charge >= 0.3 is 17.9 Å². The predicted molar refractivity (Wildman–Crippen MR) is 224 cm³/mol. The summed E-state index contributed by atoms with van der Waals surface area (Å²) in [5.74, 6) is -0.858. The first-order valence-electron chi connectivity index (χ1n) is 23.5. The van der Waals surface area contributed by atoms with Crippen LogP contribution in [0.3, 0.4) is 0 Å². The molecule has 1 atom stereocenters. The fraction of sp³-hybridized carbons (Fsp3) is 0.936. The number of rotatable bonds is 43. The second-order valence-corrected chi connectivity index (χ2v) is 16.0. The van der Waals surface area contributed by atoms with Crippen molar-refractivity contribution in [2.75, 3.05) is 13.2 Å². The van der Waals surface area contributed by atoms with E-state index in [-0.39, 0.29) is 31.1 Å². The number of carbonyl (C=O) groups excluding carboxylic acids is 3. The Morgan fingerprint density at radius 1 is 0.302 bits per heavy atom. The van der Waals surface area contributed by atoms with Gasteiger partial charge in [0.1, 0.15) is 13.2 Å². The molecule has 0 radical (unpaired) electrons. The van der Waals surface area contributed by atoms with Crippen LogP contribution in [-0.2, 0) is 28.6 Å². The molecule has 0 saturated carbocycles. The van der Waals surface area contributed by atoms with E-state index >= 15 is 0 Å². The Morgan fingerprint density at radius 2 is 0.509 bits per heavy atom. The van der Waals surface area contributed by atoms with E-state index in [1.165, 1.54) is 167 Å². The van der Waals surface area contributed by atoms with E-state index < -0.39 is 6.10 Å². The van der Waals surface area contributed by atoms with Crippen LogP contribution in [0.4, 0.5) is 0 Å². The van der Waals surface area contributed by atoms with Crippen LogP contribution in [0, 0.1) is 0 Å². The predicted octanol–water partition coefficient (Wildman–Crippen LogP) is 14.9. The lowest BCUT2D eigenvalue weighted by Crippen LogP contribution is -2.30. The van der Waals surface area contributed by atoms with Crippen molar-refractivity contribution in [1.29, 1.82) is 0 Å². The van der Waals surface area contributed by atoms with Gasteiger partial charge in [0.15, 0.2) is 6.10 Å². The molecule has 0 aromatic heterocycles. The van der Waals surface area contributed by atoms with Crippen molar-refractivity contribution in [3.05, 3.63) is 0 Å². The van der Waals surface area contributed by atoms with Gasteiger partial charge in [-0.1, -0.05) is 226 Å². The molecule has 0 aliphatic heterocycles. The fourth-order valence-electron chi connectivity index (χ4n) is 7.03. The van der Waals surface area contributed by atoms with Gasteiger partial charge < -0.3 is 14.2 Å². The highest BCUT2D eigenvalue weighted by Crippen LogP contribution is 2.16. The Morgan fingerprint density at radius 3 is 0.755 bits per heavy atom. The molecular formula is C47H90O6. The van der Waals surface area contributed by atoms with Crippen molar-refractivity contribution < 1.29 is 28.6 Å². The summed E-state index contributed by atoms with van der Waals surface area (Å²) in [5, 5.41) is 0. The normalized spacial score (nSPS) is 11.8. The Kier molecular flexibility index (Phi) is 41.8. The molecule has 0 heterocycles. The number of ether oxygens (including phenoxy) is 3. The SMILES string of the molecule is CCCCCCCCCCCCCCCCCC(=O)OCC(COC(=O)CCCCCCCC)OC(=O)CCCCCCCCCCCCCCCC. The van der Waals surface area contributed by atoms with E-state index in [1.54, 1.807) is 0 Å².